The van der Waals surface area contributed by atoms with Crippen LogP contribution in [-0.4, -0.2) is 24.1 Å². The highest BCUT2D eigenvalue weighted by molar-refractivity contribution is 7.18. The Bertz CT molecular complexity index is 404. The van der Waals surface area contributed by atoms with Gasteiger partial charge in [-0.3, -0.25) is 0 Å². The predicted molar refractivity (Wildman–Crippen MR) is 64.3 cm³/mol. The first-order valence-corrected chi connectivity index (χ1v) is 6.32. The van der Waals surface area contributed by atoms with Crippen LogP contribution in [0.3, 0.4) is 0 Å². The van der Waals surface area contributed by atoms with Gasteiger partial charge in [-0.2, -0.15) is 0 Å². The summed E-state index contributed by atoms with van der Waals surface area (Å²) < 4.78 is 4.61. The van der Waals surface area contributed by atoms with Crippen LogP contribution in [0, 0.1) is 5.92 Å². The second kappa shape index (κ2) is 4.59. The summed E-state index contributed by atoms with van der Waals surface area (Å²) in [5.74, 6) is 0.291. The number of thiazole rings is 1. The number of hydrogen-bond donors (Lipinski definition) is 1. The van der Waals surface area contributed by atoms with Gasteiger partial charge in [0.25, 0.3) is 0 Å². The molecule has 1 saturated carbocycles. The molecule has 2 rings (SSSR count). The van der Waals surface area contributed by atoms with Gasteiger partial charge in [-0.25, -0.2) is 9.78 Å². The van der Waals surface area contributed by atoms with Gasteiger partial charge >= 0.3 is 5.97 Å². The molecule has 1 aromatic heterocycles. The van der Waals surface area contributed by atoms with Crippen LogP contribution in [0.15, 0.2) is 0 Å². The van der Waals surface area contributed by atoms with Gasteiger partial charge in [-0.15, -0.1) is 0 Å². The van der Waals surface area contributed by atoms with Crippen LogP contribution in [0.2, 0.25) is 5.15 Å². The SMILES string of the molecule is COC(=O)c1sc(NC(C)C2CC2)nc1Cl. The van der Waals surface area contributed by atoms with Crippen molar-refractivity contribution in [3.8, 4) is 0 Å². The molecule has 0 radical (unpaired) electrons. The summed E-state index contributed by atoms with van der Waals surface area (Å²) in [6.07, 6.45) is 2.52. The van der Waals surface area contributed by atoms with Gasteiger partial charge in [0.2, 0.25) is 0 Å². The van der Waals surface area contributed by atoms with Crippen molar-refractivity contribution in [3.05, 3.63) is 10.0 Å². The Morgan fingerprint density at radius 2 is 2.38 bits per heavy atom. The van der Waals surface area contributed by atoms with Crippen molar-refractivity contribution in [1.29, 1.82) is 0 Å². The van der Waals surface area contributed by atoms with Crippen molar-refractivity contribution in [2.24, 2.45) is 5.92 Å². The number of aromatic nitrogens is 1. The minimum absolute atomic E-state index is 0.211. The largest absolute Gasteiger partial charge is 0.465 e. The van der Waals surface area contributed by atoms with Crippen molar-refractivity contribution >= 4 is 34.0 Å². The number of esters is 1. The third kappa shape index (κ3) is 2.47. The number of methoxy groups -OCH3 is 1. The number of anilines is 1. The monoisotopic (exact) mass is 260 g/mol. The molecule has 1 heterocycles. The first-order valence-electron chi connectivity index (χ1n) is 5.13. The maximum atomic E-state index is 11.3. The van der Waals surface area contributed by atoms with Crippen molar-refractivity contribution in [2.75, 3.05) is 12.4 Å². The quantitative estimate of drug-likeness (QED) is 0.846. The van der Waals surface area contributed by atoms with Crippen LogP contribution < -0.4 is 5.32 Å². The summed E-state index contributed by atoms with van der Waals surface area (Å²) in [5.41, 5.74) is 0. The number of carbonyl (C=O) groups excluding carboxylic acids is 1. The zero-order chi connectivity index (χ0) is 11.7. The summed E-state index contributed by atoms with van der Waals surface area (Å²) in [6, 6.07) is 0.382. The highest BCUT2D eigenvalue weighted by Gasteiger charge is 2.29. The molecule has 1 aliphatic rings. The van der Waals surface area contributed by atoms with E-state index in [1.807, 2.05) is 0 Å². The highest BCUT2D eigenvalue weighted by Crippen LogP contribution is 2.35. The molecule has 0 aromatic carbocycles. The van der Waals surface area contributed by atoms with Crippen LogP contribution in [0.4, 0.5) is 5.13 Å². The third-order valence-corrected chi connectivity index (χ3v) is 3.99. The molecule has 0 saturated heterocycles. The van der Waals surface area contributed by atoms with Gasteiger partial charge in [-0.05, 0) is 25.7 Å². The molecule has 1 atom stereocenters. The fourth-order valence-corrected chi connectivity index (χ4v) is 2.69. The van der Waals surface area contributed by atoms with Gasteiger partial charge in [0.1, 0.15) is 0 Å². The fourth-order valence-electron chi connectivity index (χ4n) is 1.49. The predicted octanol–water partition coefficient (Wildman–Crippen LogP) is 2.79. The maximum Gasteiger partial charge on any atom is 0.351 e. The Kier molecular flexibility index (Phi) is 3.35. The van der Waals surface area contributed by atoms with Gasteiger partial charge in [0, 0.05) is 6.04 Å². The van der Waals surface area contributed by atoms with Gasteiger partial charge in [0.15, 0.2) is 15.2 Å². The minimum atomic E-state index is -0.436. The highest BCUT2D eigenvalue weighted by atomic mass is 35.5. The van der Waals surface area contributed by atoms with E-state index in [9.17, 15) is 4.79 Å². The number of nitrogens with zero attached hydrogens (tertiary/aromatic N) is 1. The second-order valence-corrected chi connectivity index (χ2v) is 5.26. The zero-order valence-electron chi connectivity index (χ0n) is 9.12. The molecule has 1 N–H and O–H groups in total. The van der Waals surface area contributed by atoms with E-state index in [-0.39, 0.29) is 5.15 Å². The van der Waals surface area contributed by atoms with E-state index >= 15 is 0 Å². The molecule has 88 valence electrons. The Labute approximate surface area is 103 Å². The molecule has 1 aliphatic carbocycles. The average molecular weight is 261 g/mol. The third-order valence-electron chi connectivity index (χ3n) is 2.64. The van der Waals surface area contributed by atoms with Crippen molar-refractivity contribution < 1.29 is 9.53 Å². The van der Waals surface area contributed by atoms with E-state index < -0.39 is 5.97 Å². The fraction of sp³-hybridized carbons (Fsp3) is 0.600. The van der Waals surface area contributed by atoms with Crippen LogP contribution in [0.25, 0.3) is 0 Å². The van der Waals surface area contributed by atoms with Gasteiger partial charge < -0.3 is 10.1 Å². The molecule has 1 aromatic rings. The van der Waals surface area contributed by atoms with E-state index in [1.54, 1.807) is 0 Å². The smallest absolute Gasteiger partial charge is 0.351 e. The molecule has 1 unspecified atom stereocenters. The number of halogens is 1. The summed E-state index contributed by atoms with van der Waals surface area (Å²) >= 11 is 7.09. The number of nitrogens with one attached hydrogen (secondary N) is 1. The zero-order valence-corrected chi connectivity index (χ0v) is 10.7. The molecule has 16 heavy (non-hydrogen) atoms. The molecular formula is C10H13ClN2O2S. The van der Waals surface area contributed by atoms with E-state index in [1.165, 1.54) is 31.3 Å². The molecule has 1 fully saturated rings. The summed E-state index contributed by atoms with van der Waals surface area (Å²) in [4.78, 5) is 15.8. The standard InChI is InChI=1S/C10H13ClN2O2S/c1-5(6-3-4-6)12-10-13-8(11)7(16-10)9(14)15-2/h5-6H,3-4H2,1-2H3,(H,12,13). The summed E-state index contributed by atoms with van der Waals surface area (Å²) in [6.45, 7) is 2.12. The topological polar surface area (TPSA) is 51.2 Å². The Morgan fingerprint density at radius 3 is 2.94 bits per heavy atom. The average Bonchev–Trinajstić information content (AvgIpc) is 3.03. The van der Waals surface area contributed by atoms with E-state index in [0.717, 1.165) is 5.92 Å². The van der Waals surface area contributed by atoms with Gasteiger partial charge in [0.05, 0.1) is 7.11 Å². The molecule has 0 amide bonds. The van der Waals surface area contributed by atoms with Crippen LogP contribution in [-0.2, 0) is 4.74 Å². The van der Waals surface area contributed by atoms with E-state index in [2.05, 4.69) is 22.0 Å². The van der Waals surface area contributed by atoms with Crippen molar-refractivity contribution in [3.63, 3.8) is 0 Å². The molecule has 0 bridgehead atoms. The summed E-state index contributed by atoms with van der Waals surface area (Å²) in [5, 5.41) is 4.15. The lowest BCUT2D eigenvalue weighted by Crippen LogP contribution is -2.16. The molecule has 6 heteroatoms. The lowest BCUT2D eigenvalue weighted by molar-refractivity contribution is 0.0606. The maximum absolute atomic E-state index is 11.3. The lowest BCUT2D eigenvalue weighted by atomic mass is 10.2. The summed E-state index contributed by atoms with van der Waals surface area (Å²) in [7, 11) is 1.33. The molecule has 0 aliphatic heterocycles. The number of carbonyl (C=O) groups is 1. The van der Waals surface area contributed by atoms with Gasteiger partial charge in [-0.1, -0.05) is 22.9 Å². The first kappa shape index (κ1) is 11.7. The molecule has 4 nitrogen and oxygen atoms in total. The molecule has 0 spiro atoms. The Hall–Kier alpha value is -0.810. The minimum Gasteiger partial charge on any atom is -0.465 e. The number of hydrogen-bond acceptors (Lipinski definition) is 5. The van der Waals surface area contributed by atoms with E-state index in [4.69, 9.17) is 11.6 Å². The Morgan fingerprint density at radius 1 is 1.69 bits per heavy atom. The number of ether oxygens (including phenoxy) is 1. The van der Waals surface area contributed by atoms with Crippen LogP contribution >= 0.6 is 22.9 Å². The van der Waals surface area contributed by atoms with E-state index in [0.29, 0.717) is 16.1 Å². The molecular weight excluding hydrogens is 248 g/mol. The number of rotatable bonds is 4. The Balaban J connectivity index is 2.07. The lowest BCUT2D eigenvalue weighted by Gasteiger charge is -2.10. The van der Waals surface area contributed by atoms with Crippen molar-refractivity contribution in [1.82, 2.24) is 4.98 Å². The van der Waals surface area contributed by atoms with Crippen molar-refractivity contribution in [2.45, 2.75) is 25.8 Å². The normalized spacial score (nSPS) is 16.9. The second-order valence-electron chi connectivity index (χ2n) is 3.90. The van der Waals surface area contributed by atoms with Crippen LogP contribution in [0.5, 0.6) is 0 Å². The first-order chi connectivity index (χ1) is 7.61. The van der Waals surface area contributed by atoms with Crippen LogP contribution in [0.1, 0.15) is 29.4 Å².